The molecule has 0 saturated carbocycles. The van der Waals surface area contributed by atoms with E-state index in [1.165, 1.54) is 19.2 Å². The monoisotopic (exact) mass is 338 g/mol. The highest BCUT2D eigenvalue weighted by molar-refractivity contribution is 9.10. The highest BCUT2D eigenvalue weighted by atomic mass is 79.9. The third-order valence-corrected chi connectivity index (χ3v) is 3.15. The lowest BCUT2D eigenvalue weighted by atomic mass is 10.2. The summed E-state index contributed by atoms with van der Waals surface area (Å²) in [6, 6.07) is 9.33. The molecule has 0 aliphatic heterocycles. The number of methoxy groups -OCH3 is 1. The van der Waals surface area contributed by atoms with E-state index in [4.69, 9.17) is 9.47 Å². The van der Waals surface area contributed by atoms with E-state index in [0.29, 0.717) is 23.3 Å². The number of hydrogen-bond donors (Lipinski definition) is 0. The molecule has 0 amide bonds. The molecule has 0 N–H and O–H groups in total. The Kier molecular flexibility index (Phi) is 4.74. The predicted molar refractivity (Wildman–Crippen MR) is 76.8 cm³/mol. The Hall–Kier alpha value is -1.88. The minimum Gasteiger partial charge on any atom is -0.493 e. The van der Waals surface area contributed by atoms with Crippen LogP contribution in [0.3, 0.4) is 0 Å². The lowest BCUT2D eigenvalue weighted by Gasteiger charge is -2.13. The lowest BCUT2D eigenvalue weighted by Crippen LogP contribution is -2.01. The maximum atomic E-state index is 12.8. The van der Waals surface area contributed by atoms with Gasteiger partial charge in [-0.2, -0.15) is 0 Å². The summed E-state index contributed by atoms with van der Waals surface area (Å²) in [5.41, 5.74) is 1.19. The molecular weight excluding hydrogens is 327 g/mol. The molecule has 0 aromatic heterocycles. The third kappa shape index (κ3) is 3.36. The van der Waals surface area contributed by atoms with Gasteiger partial charge >= 0.3 is 0 Å². The van der Waals surface area contributed by atoms with Crippen LogP contribution in [0, 0.1) is 5.82 Å². The maximum Gasteiger partial charge on any atom is 0.172 e. The van der Waals surface area contributed by atoms with Crippen molar-refractivity contribution in [3.63, 3.8) is 0 Å². The van der Waals surface area contributed by atoms with E-state index in [0.717, 1.165) is 10.0 Å². The largest absolute Gasteiger partial charge is 0.493 e. The molecule has 20 heavy (non-hydrogen) atoms. The second-order valence-corrected chi connectivity index (χ2v) is 4.98. The normalized spacial score (nSPS) is 10.2. The van der Waals surface area contributed by atoms with Crippen LogP contribution in [-0.2, 0) is 6.61 Å². The predicted octanol–water partition coefficient (Wildman–Crippen LogP) is 3.99. The van der Waals surface area contributed by atoms with Crippen LogP contribution in [-0.4, -0.2) is 13.4 Å². The Morgan fingerprint density at radius 3 is 2.55 bits per heavy atom. The van der Waals surface area contributed by atoms with Gasteiger partial charge in [0, 0.05) is 4.47 Å². The first-order chi connectivity index (χ1) is 9.63. The molecule has 104 valence electrons. The van der Waals surface area contributed by atoms with Gasteiger partial charge in [0.25, 0.3) is 0 Å². The Labute approximate surface area is 124 Å². The molecule has 2 aromatic carbocycles. The first-order valence-electron chi connectivity index (χ1n) is 5.84. The van der Waals surface area contributed by atoms with E-state index in [1.54, 1.807) is 24.3 Å². The summed E-state index contributed by atoms with van der Waals surface area (Å²) in [6.07, 6.45) is 0.702. The van der Waals surface area contributed by atoms with Crippen molar-refractivity contribution < 1.29 is 18.7 Å². The summed E-state index contributed by atoms with van der Waals surface area (Å²) >= 11 is 3.30. The van der Waals surface area contributed by atoms with Crippen molar-refractivity contribution in [3.05, 3.63) is 57.8 Å². The van der Waals surface area contributed by atoms with Crippen molar-refractivity contribution in [2.45, 2.75) is 6.61 Å². The molecule has 0 unspecified atom stereocenters. The van der Waals surface area contributed by atoms with Crippen molar-refractivity contribution in [2.24, 2.45) is 0 Å². The molecule has 0 heterocycles. The van der Waals surface area contributed by atoms with E-state index in [1.807, 2.05) is 0 Å². The minimum atomic E-state index is -0.302. The van der Waals surface area contributed by atoms with Gasteiger partial charge in [-0.05, 0) is 29.8 Å². The maximum absolute atomic E-state index is 12.8. The molecule has 0 aliphatic carbocycles. The second kappa shape index (κ2) is 6.52. The average Bonchev–Trinajstić information content (AvgIpc) is 2.46. The molecule has 0 atom stereocenters. The second-order valence-electron chi connectivity index (χ2n) is 4.06. The smallest absolute Gasteiger partial charge is 0.172 e. The molecule has 3 nitrogen and oxygen atoms in total. The molecule has 0 fully saturated rings. The summed E-state index contributed by atoms with van der Waals surface area (Å²) in [5, 5.41) is 0. The van der Waals surface area contributed by atoms with Gasteiger partial charge in [0.1, 0.15) is 12.4 Å². The quantitative estimate of drug-likeness (QED) is 0.773. The van der Waals surface area contributed by atoms with Gasteiger partial charge in [-0.15, -0.1) is 0 Å². The van der Waals surface area contributed by atoms with Gasteiger partial charge < -0.3 is 9.47 Å². The van der Waals surface area contributed by atoms with Gasteiger partial charge in [-0.1, -0.05) is 28.1 Å². The molecule has 2 aromatic rings. The van der Waals surface area contributed by atoms with Gasteiger partial charge in [-0.3, -0.25) is 4.79 Å². The van der Waals surface area contributed by atoms with E-state index < -0.39 is 0 Å². The zero-order chi connectivity index (χ0) is 14.5. The van der Waals surface area contributed by atoms with Crippen molar-refractivity contribution in [1.82, 2.24) is 0 Å². The van der Waals surface area contributed by atoms with Gasteiger partial charge in [0.15, 0.2) is 17.8 Å². The molecular formula is C15H12BrFO3. The number of aldehydes is 1. The van der Waals surface area contributed by atoms with Crippen LogP contribution in [0.2, 0.25) is 0 Å². The Balaban J connectivity index is 2.24. The van der Waals surface area contributed by atoms with Crippen LogP contribution in [0.4, 0.5) is 4.39 Å². The highest BCUT2D eigenvalue weighted by Crippen LogP contribution is 2.34. The zero-order valence-electron chi connectivity index (χ0n) is 10.7. The van der Waals surface area contributed by atoms with E-state index >= 15 is 0 Å². The Bertz CT molecular complexity index is 611. The number of ether oxygens (including phenoxy) is 2. The van der Waals surface area contributed by atoms with Crippen LogP contribution < -0.4 is 9.47 Å². The number of carbonyl (C=O) groups is 1. The minimum absolute atomic E-state index is 0.221. The SMILES string of the molecule is COc1cc(Br)cc(C=O)c1OCc1ccc(F)cc1. The van der Waals surface area contributed by atoms with Crippen molar-refractivity contribution in [1.29, 1.82) is 0 Å². The lowest BCUT2D eigenvalue weighted by molar-refractivity contribution is 0.111. The van der Waals surface area contributed by atoms with Gasteiger partial charge in [-0.25, -0.2) is 4.39 Å². The first kappa shape index (κ1) is 14.5. The van der Waals surface area contributed by atoms with Crippen LogP contribution in [0.5, 0.6) is 11.5 Å². The summed E-state index contributed by atoms with van der Waals surface area (Å²) < 4.78 is 24.4. The fourth-order valence-electron chi connectivity index (χ4n) is 1.72. The fraction of sp³-hybridized carbons (Fsp3) is 0.133. The molecule has 0 bridgehead atoms. The summed E-state index contributed by atoms with van der Waals surface area (Å²) in [7, 11) is 1.50. The van der Waals surface area contributed by atoms with Gasteiger partial charge in [0.2, 0.25) is 0 Å². The van der Waals surface area contributed by atoms with Crippen LogP contribution in [0.25, 0.3) is 0 Å². The number of hydrogen-bond acceptors (Lipinski definition) is 3. The van der Waals surface area contributed by atoms with E-state index in [-0.39, 0.29) is 12.4 Å². The Morgan fingerprint density at radius 2 is 1.95 bits per heavy atom. The highest BCUT2D eigenvalue weighted by Gasteiger charge is 2.12. The first-order valence-corrected chi connectivity index (χ1v) is 6.63. The average molecular weight is 339 g/mol. The Morgan fingerprint density at radius 1 is 1.25 bits per heavy atom. The number of benzene rings is 2. The number of halogens is 2. The summed E-state index contributed by atoms with van der Waals surface area (Å²) in [5.74, 6) is 0.530. The number of rotatable bonds is 5. The fourth-order valence-corrected chi connectivity index (χ4v) is 2.17. The zero-order valence-corrected chi connectivity index (χ0v) is 12.3. The standard InChI is InChI=1S/C15H12BrFO3/c1-19-14-7-12(16)6-11(8-18)15(14)20-9-10-2-4-13(17)5-3-10/h2-8H,9H2,1H3. The van der Waals surface area contributed by atoms with E-state index in [9.17, 15) is 9.18 Å². The topological polar surface area (TPSA) is 35.5 Å². The molecule has 2 rings (SSSR count). The summed E-state index contributed by atoms with van der Waals surface area (Å²) in [4.78, 5) is 11.1. The molecule has 0 radical (unpaired) electrons. The van der Waals surface area contributed by atoms with Crippen LogP contribution in [0.15, 0.2) is 40.9 Å². The van der Waals surface area contributed by atoms with Crippen LogP contribution in [0.1, 0.15) is 15.9 Å². The third-order valence-electron chi connectivity index (χ3n) is 2.69. The van der Waals surface area contributed by atoms with Crippen molar-refractivity contribution >= 4 is 22.2 Å². The van der Waals surface area contributed by atoms with Gasteiger partial charge in [0.05, 0.1) is 12.7 Å². The summed E-state index contributed by atoms with van der Waals surface area (Å²) in [6.45, 7) is 0.221. The van der Waals surface area contributed by atoms with Crippen molar-refractivity contribution in [3.8, 4) is 11.5 Å². The molecule has 0 spiro atoms. The number of carbonyl (C=O) groups excluding carboxylic acids is 1. The van der Waals surface area contributed by atoms with Crippen molar-refractivity contribution in [2.75, 3.05) is 7.11 Å². The molecule has 0 saturated heterocycles. The van der Waals surface area contributed by atoms with E-state index in [2.05, 4.69) is 15.9 Å². The molecule has 0 aliphatic rings. The van der Waals surface area contributed by atoms with Crippen LogP contribution >= 0.6 is 15.9 Å². The molecule has 5 heteroatoms.